The third-order valence-electron chi connectivity index (χ3n) is 10.0. The highest BCUT2D eigenvalue weighted by Gasteiger charge is 2.20. The molecule has 1 aromatic heterocycles. The summed E-state index contributed by atoms with van der Waals surface area (Å²) < 4.78 is 2.65. The van der Waals surface area contributed by atoms with Gasteiger partial charge in [0.25, 0.3) is 0 Å². The van der Waals surface area contributed by atoms with Gasteiger partial charge in [0.1, 0.15) is 0 Å². The fraction of sp³-hybridized carbons (Fsp3) is 0. The van der Waals surface area contributed by atoms with Crippen LogP contribution < -0.4 is 4.90 Å². The molecule has 10 rings (SSSR count). The molecule has 234 valence electrons. The highest BCUT2D eigenvalue weighted by molar-refractivity contribution is 7.25. The van der Waals surface area contributed by atoms with E-state index in [0.717, 1.165) is 17.1 Å². The van der Waals surface area contributed by atoms with Gasteiger partial charge in [-0.3, -0.25) is 0 Å². The van der Waals surface area contributed by atoms with Gasteiger partial charge >= 0.3 is 0 Å². The normalized spacial score (nSPS) is 11.6. The number of thiophene rings is 1. The quantitative estimate of drug-likeness (QED) is 0.167. The molecular weight excluding hydrogens is 623 g/mol. The minimum absolute atomic E-state index is 1.12. The number of anilines is 3. The summed E-state index contributed by atoms with van der Waals surface area (Å²) in [6.45, 7) is 0. The van der Waals surface area contributed by atoms with Crippen LogP contribution in [0.2, 0.25) is 0 Å². The van der Waals surface area contributed by atoms with Gasteiger partial charge in [-0.2, -0.15) is 0 Å². The Morgan fingerprint density at radius 2 is 0.980 bits per heavy atom. The molecule has 0 aliphatic carbocycles. The maximum Gasteiger partial charge on any atom is 0.0540 e. The molecule has 1 heterocycles. The standard InChI is InChI=1S/C48H31NS/c1-2-12-32(13-3-1)33-22-25-37(26-23-33)49(38-27-24-34-29-45-43-19-9-11-21-47(43)50-48(45)31-36(34)28-38)46-20-10-8-18-42(46)44-30-35-14-4-5-15-39(35)40-16-6-7-17-41(40)44/h1-31H. The number of rotatable bonds is 5. The van der Waals surface area contributed by atoms with Crippen LogP contribution in [0, 0.1) is 0 Å². The van der Waals surface area contributed by atoms with Crippen molar-refractivity contribution in [3.8, 4) is 22.3 Å². The van der Waals surface area contributed by atoms with E-state index in [4.69, 9.17) is 0 Å². The monoisotopic (exact) mass is 653 g/mol. The van der Waals surface area contributed by atoms with Crippen molar-refractivity contribution in [1.82, 2.24) is 0 Å². The summed E-state index contributed by atoms with van der Waals surface area (Å²) in [7, 11) is 0. The SMILES string of the molecule is c1ccc(-c2ccc(N(c3ccc4cc5c(cc4c3)sc3ccccc35)c3ccccc3-c3cc4ccccc4c4ccccc34)cc2)cc1. The van der Waals surface area contributed by atoms with Crippen molar-refractivity contribution in [2.45, 2.75) is 0 Å². The first-order valence-corrected chi connectivity index (χ1v) is 17.9. The minimum Gasteiger partial charge on any atom is -0.310 e. The summed E-state index contributed by atoms with van der Waals surface area (Å²) in [6.07, 6.45) is 0. The molecule has 0 N–H and O–H groups in total. The summed E-state index contributed by atoms with van der Waals surface area (Å²) in [5.74, 6) is 0. The van der Waals surface area contributed by atoms with Crippen LogP contribution in [0.15, 0.2) is 188 Å². The van der Waals surface area contributed by atoms with Gasteiger partial charge in [0.05, 0.1) is 5.69 Å². The van der Waals surface area contributed by atoms with Crippen molar-refractivity contribution < 1.29 is 0 Å². The van der Waals surface area contributed by atoms with E-state index in [1.165, 1.54) is 74.7 Å². The van der Waals surface area contributed by atoms with Crippen LogP contribution in [0.4, 0.5) is 17.1 Å². The molecule has 0 aliphatic heterocycles. The molecular formula is C48H31NS. The van der Waals surface area contributed by atoms with Crippen LogP contribution in [0.3, 0.4) is 0 Å². The Morgan fingerprint density at radius 3 is 1.84 bits per heavy atom. The van der Waals surface area contributed by atoms with Gasteiger partial charge in [-0.25, -0.2) is 0 Å². The first kappa shape index (κ1) is 28.8. The van der Waals surface area contributed by atoms with Crippen LogP contribution in [-0.4, -0.2) is 0 Å². The fourth-order valence-electron chi connectivity index (χ4n) is 7.63. The summed E-state index contributed by atoms with van der Waals surface area (Å²) in [5.41, 5.74) is 8.23. The lowest BCUT2D eigenvalue weighted by Gasteiger charge is -2.29. The molecule has 0 bridgehead atoms. The van der Waals surface area contributed by atoms with E-state index in [2.05, 4.69) is 193 Å². The zero-order chi connectivity index (χ0) is 33.0. The lowest BCUT2D eigenvalue weighted by Crippen LogP contribution is -2.11. The Labute approximate surface area is 294 Å². The van der Waals surface area contributed by atoms with Crippen LogP contribution in [0.25, 0.3) is 74.7 Å². The smallest absolute Gasteiger partial charge is 0.0540 e. The highest BCUT2D eigenvalue weighted by atomic mass is 32.1. The Kier molecular flexibility index (Phi) is 6.75. The number of nitrogens with zero attached hydrogens (tertiary/aromatic N) is 1. The van der Waals surface area contributed by atoms with Crippen molar-refractivity contribution in [3.05, 3.63) is 188 Å². The van der Waals surface area contributed by atoms with Crippen molar-refractivity contribution in [2.24, 2.45) is 0 Å². The second kappa shape index (κ2) is 11.7. The molecule has 0 unspecified atom stereocenters. The topological polar surface area (TPSA) is 3.24 Å². The molecule has 50 heavy (non-hydrogen) atoms. The maximum absolute atomic E-state index is 2.43. The Bertz CT molecular complexity index is 2870. The highest BCUT2D eigenvalue weighted by Crippen LogP contribution is 2.45. The molecule has 1 nitrogen and oxygen atoms in total. The molecule has 10 aromatic rings. The van der Waals surface area contributed by atoms with Gasteiger partial charge in [-0.05, 0) is 104 Å². The number of hydrogen-bond acceptors (Lipinski definition) is 2. The van der Waals surface area contributed by atoms with Gasteiger partial charge in [-0.1, -0.05) is 133 Å². The van der Waals surface area contributed by atoms with E-state index in [0.29, 0.717) is 0 Å². The molecule has 0 atom stereocenters. The van der Waals surface area contributed by atoms with Crippen LogP contribution >= 0.6 is 11.3 Å². The molecule has 0 fully saturated rings. The summed E-state index contributed by atoms with van der Waals surface area (Å²) in [6, 6.07) is 68.8. The number of hydrogen-bond donors (Lipinski definition) is 0. The van der Waals surface area contributed by atoms with Crippen molar-refractivity contribution in [1.29, 1.82) is 0 Å². The lowest BCUT2D eigenvalue weighted by molar-refractivity contribution is 1.29. The Hall–Kier alpha value is -6.22. The van der Waals surface area contributed by atoms with Gasteiger partial charge in [-0.15, -0.1) is 11.3 Å². The fourth-order valence-corrected chi connectivity index (χ4v) is 8.77. The third kappa shape index (κ3) is 4.76. The third-order valence-corrected chi connectivity index (χ3v) is 11.1. The van der Waals surface area contributed by atoms with E-state index >= 15 is 0 Å². The van der Waals surface area contributed by atoms with Crippen molar-refractivity contribution in [2.75, 3.05) is 4.90 Å². The lowest BCUT2D eigenvalue weighted by atomic mass is 9.92. The van der Waals surface area contributed by atoms with Crippen molar-refractivity contribution >= 4 is 80.9 Å². The predicted molar refractivity (Wildman–Crippen MR) is 217 cm³/mol. The van der Waals surface area contributed by atoms with Crippen LogP contribution in [0.5, 0.6) is 0 Å². The second-order valence-corrected chi connectivity index (χ2v) is 14.0. The molecule has 0 saturated heterocycles. The van der Waals surface area contributed by atoms with Gasteiger partial charge < -0.3 is 4.90 Å². The van der Waals surface area contributed by atoms with Crippen molar-refractivity contribution in [3.63, 3.8) is 0 Å². The minimum atomic E-state index is 1.12. The van der Waals surface area contributed by atoms with Gasteiger partial charge in [0.2, 0.25) is 0 Å². The average molecular weight is 654 g/mol. The predicted octanol–water partition coefficient (Wildman–Crippen LogP) is 14.3. The molecule has 0 aliphatic rings. The van der Waals surface area contributed by atoms with E-state index in [9.17, 15) is 0 Å². The number of para-hydroxylation sites is 1. The first-order valence-electron chi connectivity index (χ1n) is 17.1. The zero-order valence-electron chi connectivity index (χ0n) is 27.3. The second-order valence-electron chi connectivity index (χ2n) is 12.9. The van der Waals surface area contributed by atoms with E-state index in [1.54, 1.807) is 0 Å². The van der Waals surface area contributed by atoms with Crippen LogP contribution in [-0.2, 0) is 0 Å². The zero-order valence-corrected chi connectivity index (χ0v) is 28.1. The Balaban J connectivity index is 1.20. The van der Waals surface area contributed by atoms with Crippen LogP contribution in [0.1, 0.15) is 0 Å². The molecule has 0 radical (unpaired) electrons. The average Bonchev–Trinajstić information content (AvgIpc) is 3.55. The maximum atomic E-state index is 2.43. The van der Waals surface area contributed by atoms with E-state index in [-0.39, 0.29) is 0 Å². The summed E-state index contributed by atoms with van der Waals surface area (Å²) in [4.78, 5) is 2.43. The van der Waals surface area contributed by atoms with Gasteiger partial charge in [0.15, 0.2) is 0 Å². The molecule has 0 amide bonds. The van der Waals surface area contributed by atoms with E-state index in [1.807, 2.05) is 11.3 Å². The molecule has 0 saturated carbocycles. The Morgan fingerprint density at radius 1 is 0.320 bits per heavy atom. The van der Waals surface area contributed by atoms with E-state index < -0.39 is 0 Å². The largest absolute Gasteiger partial charge is 0.310 e. The number of fused-ring (bicyclic) bond motifs is 7. The molecule has 2 heteroatoms. The summed E-state index contributed by atoms with van der Waals surface area (Å²) >= 11 is 1.87. The molecule has 9 aromatic carbocycles. The first-order chi connectivity index (χ1) is 24.8. The number of benzene rings is 9. The van der Waals surface area contributed by atoms with Gasteiger partial charge in [0, 0.05) is 37.1 Å². The molecule has 0 spiro atoms. The summed E-state index contributed by atoms with van der Waals surface area (Å²) in [5, 5.41) is 10.2.